The monoisotopic (exact) mass is 486 g/mol. The number of fused-ring (bicyclic) bond motifs is 1. The van der Waals surface area contributed by atoms with Gasteiger partial charge in [-0.2, -0.15) is 0 Å². The lowest BCUT2D eigenvalue weighted by Crippen LogP contribution is -2.31. The number of ether oxygens (including phenoxy) is 1. The predicted molar refractivity (Wildman–Crippen MR) is 127 cm³/mol. The fourth-order valence-corrected chi connectivity index (χ4v) is 6.24. The van der Waals surface area contributed by atoms with Gasteiger partial charge in [0.15, 0.2) is 0 Å². The summed E-state index contributed by atoms with van der Waals surface area (Å²) in [5, 5.41) is 0.571. The first-order valence-electron chi connectivity index (χ1n) is 11.2. The Morgan fingerprint density at radius 2 is 1.94 bits per heavy atom. The van der Waals surface area contributed by atoms with Gasteiger partial charge in [0.05, 0.1) is 16.3 Å². The molecular formula is C25H24ClFN2O3S. The molecule has 2 fully saturated rings. The van der Waals surface area contributed by atoms with Crippen LogP contribution in [0.3, 0.4) is 0 Å². The highest BCUT2D eigenvalue weighted by atomic mass is 35.5. The maximum absolute atomic E-state index is 14.4. The van der Waals surface area contributed by atoms with E-state index in [1.165, 1.54) is 16.2 Å². The molecule has 1 aliphatic carbocycles. The highest BCUT2D eigenvalue weighted by molar-refractivity contribution is 7.19. The number of thiophene rings is 1. The Morgan fingerprint density at radius 3 is 2.64 bits per heavy atom. The van der Waals surface area contributed by atoms with Crippen molar-refractivity contribution in [1.29, 1.82) is 0 Å². The van der Waals surface area contributed by atoms with Crippen LogP contribution in [0.15, 0.2) is 30.5 Å². The van der Waals surface area contributed by atoms with Gasteiger partial charge in [0.2, 0.25) is 11.8 Å². The number of pyridine rings is 1. The molecule has 33 heavy (non-hydrogen) atoms. The lowest BCUT2D eigenvalue weighted by Gasteiger charge is -2.21. The highest BCUT2D eigenvalue weighted by Crippen LogP contribution is 2.44. The van der Waals surface area contributed by atoms with E-state index in [9.17, 15) is 14.0 Å². The first-order valence-corrected chi connectivity index (χ1v) is 12.4. The largest absolute Gasteiger partial charge is 0.486 e. The number of likely N-dealkylation sites (tertiary alicyclic amines) is 1. The summed E-state index contributed by atoms with van der Waals surface area (Å²) in [6.07, 6.45) is 2.82. The van der Waals surface area contributed by atoms with E-state index in [2.05, 4.69) is 4.98 Å². The quantitative estimate of drug-likeness (QED) is 0.391. The van der Waals surface area contributed by atoms with Crippen LogP contribution in [0.2, 0.25) is 5.02 Å². The molecule has 2 aliphatic rings. The second kappa shape index (κ2) is 8.69. The van der Waals surface area contributed by atoms with Crippen LogP contribution >= 0.6 is 22.9 Å². The van der Waals surface area contributed by atoms with Crippen molar-refractivity contribution in [3.63, 3.8) is 0 Å². The van der Waals surface area contributed by atoms with Crippen LogP contribution in [-0.2, 0) is 9.59 Å². The van der Waals surface area contributed by atoms with E-state index in [0.717, 1.165) is 38.2 Å². The maximum Gasteiger partial charge on any atom is 0.230 e. The zero-order chi connectivity index (χ0) is 23.3. The standard InChI is InChI=1S/C25H24ClFN2O3S/c1-13-10-15(26)11-17(24(13)32-20-5-3-4-18(20)27)16-8-9-28-19-12-21(33-25(16)19)14(2)29-22(30)6-7-23(29)31/h8-12,14,18,20H,3-7H2,1-2H3/t14-,18-,20+/m0/s1. The number of halogens is 2. The average molecular weight is 487 g/mol. The zero-order valence-electron chi connectivity index (χ0n) is 18.4. The molecule has 5 rings (SSSR count). The Hall–Kier alpha value is -2.51. The lowest BCUT2D eigenvalue weighted by atomic mass is 10.0. The Bertz CT molecular complexity index is 1240. The Kier molecular flexibility index (Phi) is 5.87. The molecule has 3 heterocycles. The average Bonchev–Trinajstić information content (AvgIpc) is 3.48. The lowest BCUT2D eigenvalue weighted by molar-refractivity contribution is -0.140. The van der Waals surface area contributed by atoms with Gasteiger partial charge in [-0.3, -0.25) is 19.5 Å². The smallest absolute Gasteiger partial charge is 0.230 e. The van der Waals surface area contributed by atoms with Gasteiger partial charge in [0.1, 0.15) is 18.0 Å². The molecule has 2 aromatic heterocycles. The Balaban J connectivity index is 1.59. The number of carbonyl (C=O) groups is 2. The number of aryl methyl sites for hydroxylation is 1. The van der Waals surface area contributed by atoms with Gasteiger partial charge >= 0.3 is 0 Å². The number of hydrogen-bond donors (Lipinski definition) is 0. The molecule has 0 N–H and O–H groups in total. The van der Waals surface area contributed by atoms with Crippen LogP contribution in [0, 0.1) is 6.92 Å². The van der Waals surface area contributed by atoms with Crippen molar-refractivity contribution in [2.75, 3.05) is 0 Å². The number of aromatic nitrogens is 1. The molecule has 5 nitrogen and oxygen atoms in total. The number of nitrogens with zero attached hydrogens (tertiary/aromatic N) is 2. The zero-order valence-corrected chi connectivity index (χ0v) is 20.0. The van der Waals surface area contributed by atoms with Gasteiger partial charge in [0.25, 0.3) is 0 Å². The molecule has 1 aliphatic heterocycles. The third-order valence-corrected chi connectivity index (χ3v) is 8.04. The van der Waals surface area contributed by atoms with Crippen LogP contribution in [0.1, 0.15) is 55.5 Å². The van der Waals surface area contributed by atoms with Gasteiger partial charge in [-0.25, -0.2) is 4.39 Å². The SMILES string of the molecule is Cc1cc(Cl)cc(-c2ccnc3cc([C@H](C)N4C(=O)CCC4=O)sc23)c1O[C@@H]1CCC[C@@H]1F. The second-order valence-electron chi connectivity index (χ2n) is 8.76. The number of rotatable bonds is 5. The summed E-state index contributed by atoms with van der Waals surface area (Å²) in [6, 6.07) is 7.14. The predicted octanol–water partition coefficient (Wildman–Crippen LogP) is 6.40. The molecular weight excluding hydrogens is 463 g/mol. The summed E-state index contributed by atoms with van der Waals surface area (Å²) in [4.78, 5) is 31.2. The van der Waals surface area contributed by atoms with Crippen LogP contribution in [0.25, 0.3) is 21.3 Å². The van der Waals surface area contributed by atoms with E-state index in [-0.39, 0.29) is 30.7 Å². The third kappa shape index (κ3) is 4.02. The van der Waals surface area contributed by atoms with Crippen molar-refractivity contribution >= 4 is 45.0 Å². The molecule has 0 unspecified atom stereocenters. The van der Waals surface area contributed by atoms with E-state index >= 15 is 0 Å². The molecule has 1 aromatic carbocycles. The molecule has 1 saturated carbocycles. The number of amides is 2. The van der Waals surface area contributed by atoms with E-state index < -0.39 is 12.3 Å². The number of carbonyl (C=O) groups excluding carboxylic acids is 2. The highest BCUT2D eigenvalue weighted by Gasteiger charge is 2.35. The van der Waals surface area contributed by atoms with Gasteiger partial charge in [0, 0.05) is 40.1 Å². The minimum atomic E-state index is -0.977. The minimum Gasteiger partial charge on any atom is -0.486 e. The number of benzene rings is 1. The van der Waals surface area contributed by atoms with Crippen LogP contribution < -0.4 is 4.74 Å². The van der Waals surface area contributed by atoms with Gasteiger partial charge in [-0.15, -0.1) is 11.3 Å². The van der Waals surface area contributed by atoms with Crippen LogP contribution in [-0.4, -0.2) is 34.0 Å². The third-order valence-electron chi connectivity index (χ3n) is 6.49. The van der Waals surface area contributed by atoms with Crippen molar-refractivity contribution < 1.29 is 18.7 Å². The van der Waals surface area contributed by atoms with Crippen molar-refractivity contribution in [2.45, 2.75) is 64.3 Å². The molecule has 3 aromatic rings. The number of hydrogen-bond acceptors (Lipinski definition) is 5. The van der Waals surface area contributed by atoms with Crippen LogP contribution in [0.4, 0.5) is 4.39 Å². The summed E-state index contributed by atoms with van der Waals surface area (Å²) in [5.41, 5.74) is 3.30. The summed E-state index contributed by atoms with van der Waals surface area (Å²) >= 11 is 7.92. The molecule has 172 valence electrons. The topological polar surface area (TPSA) is 59.5 Å². The molecule has 3 atom stereocenters. The van der Waals surface area contributed by atoms with Crippen molar-refractivity contribution in [1.82, 2.24) is 9.88 Å². The maximum atomic E-state index is 14.4. The van der Waals surface area contributed by atoms with E-state index in [1.54, 1.807) is 6.20 Å². The summed E-state index contributed by atoms with van der Waals surface area (Å²) in [7, 11) is 0. The summed E-state index contributed by atoms with van der Waals surface area (Å²) in [6.45, 7) is 3.78. The minimum absolute atomic E-state index is 0.142. The van der Waals surface area contributed by atoms with Gasteiger partial charge in [-0.1, -0.05) is 11.6 Å². The number of imide groups is 1. The van der Waals surface area contributed by atoms with Gasteiger partial charge < -0.3 is 4.74 Å². The second-order valence-corrected chi connectivity index (χ2v) is 10.3. The van der Waals surface area contributed by atoms with Crippen LogP contribution in [0.5, 0.6) is 5.75 Å². The normalized spacial score (nSPS) is 21.9. The molecule has 2 amide bonds. The number of alkyl halides is 1. The fourth-order valence-electron chi connectivity index (χ4n) is 4.78. The molecule has 0 bridgehead atoms. The molecule has 1 saturated heterocycles. The van der Waals surface area contributed by atoms with Crippen molar-refractivity contribution in [3.05, 3.63) is 45.9 Å². The molecule has 0 spiro atoms. The fraction of sp³-hybridized carbons (Fsp3) is 0.400. The van der Waals surface area contributed by atoms with Crippen molar-refractivity contribution in [2.24, 2.45) is 0 Å². The molecule has 8 heteroatoms. The summed E-state index contributed by atoms with van der Waals surface area (Å²) < 4.78 is 21.5. The van der Waals surface area contributed by atoms with Crippen molar-refractivity contribution in [3.8, 4) is 16.9 Å². The Morgan fingerprint density at radius 1 is 1.18 bits per heavy atom. The van der Waals surface area contributed by atoms with E-state index in [1.807, 2.05) is 38.1 Å². The van der Waals surface area contributed by atoms with E-state index in [0.29, 0.717) is 23.6 Å². The first-order chi connectivity index (χ1) is 15.8. The summed E-state index contributed by atoms with van der Waals surface area (Å²) in [5.74, 6) is 0.350. The van der Waals surface area contributed by atoms with Gasteiger partial charge in [-0.05, 0) is 62.9 Å². The molecule has 0 radical (unpaired) electrons. The first kappa shape index (κ1) is 22.3. The van der Waals surface area contributed by atoms with E-state index in [4.69, 9.17) is 16.3 Å². The Labute approximate surface area is 200 Å².